The van der Waals surface area contributed by atoms with Gasteiger partial charge in [0.05, 0.1) is 0 Å². The molecular formula is C36H29N. The molecule has 0 atom stereocenters. The van der Waals surface area contributed by atoms with Crippen molar-refractivity contribution < 1.29 is 0 Å². The Labute approximate surface area is 219 Å². The van der Waals surface area contributed by atoms with Crippen molar-refractivity contribution in [2.75, 3.05) is 5.32 Å². The topological polar surface area (TPSA) is 12.0 Å². The first kappa shape index (κ1) is 22.8. The average molecular weight is 476 g/mol. The minimum atomic E-state index is 1.08. The molecule has 1 aliphatic rings. The molecule has 5 aromatic carbocycles. The lowest BCUT2D eigenvalue weighted by Crippen LogP contribution is -1.91. The van der Waals surface area contributed by atoms with Gasteiger partial charge in [0.15, 0.2) is 0 Å². The van der Waals surface area contributed by atoms with Crippen LogP contribution in [0.3, 0.4) is 0 Å². The summed E-state index contributed by atoms with van der Waals surface area (Å²) in [5.74, 6) is 0. The van der Waals surface area contributed by atoms with E-state index in [4.69, 9.17) is 0 Å². The highest BCUT2D eigenvalue weighted by molar-refractivity contribution is 5.75. The van der Waals surface area contributed by atoms with Crippen LogP contribution in [0, 0.1) is 0 Å². The van der Waals surface area contributed by atoms with Gasteiger partial charge in [0, 0.05) is 11.4 Å². The summed E-state index contributed by atoms with van der Waals surface area (Å²) >= 11 is 0. The van der Waals surface area contributed by atoms with Crippen LogP contribution in [0.4, 0.5) is 11.4 Å². The molecule has 1 N–H and O–H groups in total. The van der Waals surface area contributed by atoms with Gasteiger partial charge in [-0.2, -0.15) is 0 Å². The summed E-state index contributed by atoms with van der Waals surface area (Å²) in [7, 11) is 0. The summed E-state index contributed by atoms with van der Waals surface area (Å²) in [5.41, 5.74) is 12.3. The van der Waals surface area contributed by atoms with Crippen LogP contribution in [0.25, 0.3) is 39.0 Å². The first-order chi connectivity index (χ1) is 18.3. The Morgan fingerprint density at radius 2 is 0.811 bits per heavy atom. The molecule has 0 aromatic heterocycles. The van der Waals surface area contributed by atoms with Gasteiger partial charge in [-0.25, -0.2) is 0 Å². The molecule has 1 heteroatoms. The van der Waals surface area contributed by atoms with Crippen LogP contribution >= 0.6 is 0 Å². The molecule has 0 heterocycles. The molecule has 0 fully saturated rings. The van der Waals surface area contributed by atoms with E-state index in [2.05, 4.69) is 145 Å². The third kappa shape index (κ3) is 5.32. The first-order valence-corrected chi connectivity index (χ1v) is 12.9. The van der Waals surface area contributed by atoms with Crippen LogP contribution in [0.5, 0.6) is 0 Å². The first-order valence-electron chi connectivity index (χ1n) is 12.9. The van der Waals surface area contributed by atoms with E-state index in [1.165, 1.54) is 44.5 Å². The summed E-state index contributed by atoms with van der Waals surface area (Å²) in [6.45, 7) is 0. The number of hydrogen-bond acceptors (Lipinski definition) is 1. The lowest BCUT2D eigenvalue weighted by molar-refractivity contribution is 1.05. The summed E-state index contributed by atoms with van der Waals surface area (Å²) in [5, 5.41) is 3.53. The van der Waals surface area contributed by atoms with Crippen molar-refractivity contribution in [3.05, 3.63) is 151 Å². The normalized spacial score (nSPS) is 12.7. The molecule has 37 heavy (non-hydrogen) atoms. The van der Waals surface area contributed by atoms with E-state index in [-0.39, 0.29) is 0 Å². The second kappa shape index (κ2) is 10.6. The Balaban J connectivity index is 1.11. The van der Waals surface area contributed by atoms with E-state index >= 15 is 0 Å². The molecule has 0 unspecified atom stereocenters. The van der Waals surface area contributed by atoms with Crippen molar-refractivity contribution in [2.24, 2.45) is 0 Å². The Hall–Kier alpha value is -4.62. The van der Waals surface area contributed by atoms with E-state index in [1.54, 1.807) is 0 Å². The van der Waals surface area contributed by atoms with E-state index in [9.17, 15) is 0 Å². The van der Waals surface area contributed by atoms with Crippen LogP contribution in [0.2, 0.25) is 0 Å². The molecule has 0 radical (unpaired) electrons. The number of rotatable bonds is 6. The predicted octanol–water partition coefficient (Wildman–Crippen LogP) is 10.2. The van der Waals surface area contributed by atoms with Crippen LogP contribution in [0.1, 0.15) is 18.4 Å². The van der Waals surface area contributed by atoms with Crippen molar-refractivity contribution in [3.8, 4) is 33.4 Å². The van der Waals surface area contributed by atoms with Gasteiger partial charge in [0.2, 0.25) is 0 Å². The van der Waals surface area contributed by atoms with Crippen molar-refractivity contribution >= 4 is 16.9 Å². The highest BCUT2D eigenvalue weighted by atomic mass is 14.9. The van der Waals surface area contributed by atoms with Gasteiger partial charge in [0.1, 0.15) is 0 Å². The lowest BCUT2D eigenvalue weighted by atomic mass is 9.95. The van der Waals surface area contributed by atoms with Crippen LogP contribution < -0.4 is 5.32 Å². The van der Waals surface area contributed by atoms with Crippen LogP contribution in [-0.2, 0) is 0 Å². The molecule has 0 saturated carbocycles. The molecule has 0 aliphatic heterocycles. The highest BCUT2D eigenvalue weighted by Crippen LogP contribution is 2.29. The molecular weight excluding hydrogens is 446 g/mol. The molecule has 0 saturated heterocycles. The fourth-order valence-electron chi connectivity index (χ4n) is 4.86. The Morgan fingerprint density at radius 1 is 0.405 bits per heavy atom. The summed E-state index contributed by atoms with van der Waals surface area (Å²) in [6.07, 6.45) is 8.87. The standard InChI is InChI=1S/C36H29N/c1-3-7-27(8-4-1)29-11-15-31(16-12-29)33-19-23-35(24-20-33)37-36-25-21-34(22-26-36)32-17-13-30(14-18-32)28-9-5-2-6-10-28/h1-5,7-9,11-26,37H,6,10H2. The summed E-state index contributed by atoms with van der Waals surface area (Å²) in [4.78, 5) is 0. The minimum Gasteiger partial charge on any atom is -0.356 e. The van der Waals surface area contributed by atoms with Crippen LogP contribution in [0.15, 0.2) is 146 Å². The largest absolute Gasteiger partial charge is 0.356 e. The Kier molecular flexibility index (Phi) is 6.51. The molecule has 5 aromatic rings. The van der Waals surface area contributed by atoms with E-state index in [0.717, 1.165) is 24.2 Å². The minimum absolute atomic E-state index is 1.08. The van der Waals surface area contributed by atoms with Gasteiger partial charge in [-0.1, -0.05) is 121 Å². The number of anilines is 2. The van der Waals surface area contributed by atoms with Gasteiger partial charge < -0.3 is 5.32 Å². The number of allylic oxidation sites excluding steroid dienone is 4. The molecule has 0 spiro atoms. The number of benzene rings is 5. The van der Waals surface area contributed by atoms with E-state index in [0.29, 0.717) is 0 Å². The SMILES string of the molecule is C1=CCCC(c2ccc(-c3ccc(Nc4ccc(-c5ccc(-c6ccccc6)cc5)cc4)cc3)cc2)=C1. The average Bonchev–Trinajstić information content (AvgIpc) is 2.99. The Bertz CT molecular complexity index is 1520. The maximum atomic E-state index is 3.53. The third-order valence-corrected chi connectivity index (χ3v) is 6.99. The zero-order valence-corrected chi connectivity index (χ0v) is 20.8. The highest BCUT2D eigenvalue weighted by Gasteiger charge is 2.05. The van der Waals surface area contributed by atoms with Gasteiger partial charge in [-0.3, -0.25) is 0 Å². The second-order valence-electron chi connectivity index (χ2n) is 9.46. The zero-order valence-electron chi connectivity index (χ0n) is 20.8. The van der Waals surface area contributed by atoms with Crippen molar-refractivity contribution in [1.29, 1.82) is 0 Å². The maximum absolute atomic E-state index is 3.53. The monoisotopic (exact) mass is 475 g/mol. The fourth-order valence-corrected chi connectivity index (χ4v) is 4.86. The van der Waals surface area contributed by atoms with Gasteiger partial charge in [-0.05, 0) is 81.6 Å². The van der Waals surface area contributed by atoms with Gasteiger partial charge >= 0.3 is 0 Å². The zero-order chi connectivity index (χ0) is 24.9. The molecule has 0 bridgehead atoms. The Morgan fingerprint density at radius 3 is 1.24 bits per heavy atom. The molecule has 0 amide bonds. The van der Waals surface area contributed by atoms with E-state index < -0.39 is 0 Å². The summed E-state index contributed by atoms with van der Waals surface area (Å²) < 4.78 is 0. The van der Waals surface area contributed by atoms with Crippen molar-refractivity contribution in [1.82, 2.24) is 0 Å². The smallest absolute Gasteiger partial charge is 0.0384 e. The number of nitrogens with one attached hydrogen (secondary N) is 1. The van der Waals surface area contributed by atoms with Crippen molar-refractivity contribution in [2.45, 2.75) is 12.8 Å². The van der Waals surface area contributed by atoms with Gasteiger partial charge in [0.25, 0.3) is 0 Å². The lowest BCUT2D eigenvalue weighted by Gasteiger charge is -2.11. The van der Waals surface area contributed by atoms with E-state index in [1.807, 2.05) is 6.07 Å². The summed E-state index contributed by atoms with van der Waals surface area (Å²) in [6, 6.07) is 45.5. The van der Waals surface area contributed by atoms with Crippen LogP contribution in [-0.4, -0.2) is 0 Å². The second-order valence-corrected chi connectivity index (χ2v) is 9.46. The molecule has 6 rings (SSSR count). The molecule has 1 nitrogen and oxygen atoms in total. The maximum Gasteiger partial charge on any atom is 0.0384 e. The third-order valence-electron chi connectivity index (χ3n) is 6.99. The fraction of sp³-hybridized carbons (Fsp3) is 0.0556. The molecule has 1 aliphatic carbocycles. The number of hydrogen-bond donors (Lipinski definition) is 1. The quantitative estimate of drug-likeness (QED) is 0.257. The predicted molar refractivity (Wildman–Crippen MR) is 159 cm³/mol. The molecule has 178 valence electrons. The van der Waals surface area contributed by atoms with Crippen molar-refractivity contribution in [3.63, 3.8) is 0 Å². The van der Waals surface area contributed by atoms with Gasteiger partial charge in [-0.15, -0.1) is 0 Å².